The maximum absolute atomic E-state index is 12.5. The molecule has 0 aliphatic carbocycles. The minimum atomic E-state index is -3.43. The molecule has 0 spiro atoms. The summed E-state index contributed by atoms with van der Waals surface area (Å²) in [5.74, 6) is -1.26. The molecule has 9 nitrogen and oxygen atoms in total. The van der Waals surface area contributed by atoms with Gasteiger partial charge in [-0.15, -0.1) is 0 Å². The van der Waals surface area contributed by atoms with Gasteiger partial charge in [-0.05, 0) is 36.2 Å². The minimum Gasteiger partial charge on any atom is -0.550 e. The van der Waals surface area contributed by atoms with Gasteiger partial charge in [-0.25, -0.2) is 13.4 Å². The molecule has 0 bridgehead atoms. The molecule has 0 saturated heterocycles. The van der Waals surface area contributed by atoms with E-state index in [0.29, 0.717) is 29.1 Å². The average Bonchev–Trinajstić information content (AvgIpc) is 3.27. The van der Waals surface area contributed by atoms with Gasteiger partial charge in [0.2, 0.25) is 15.9 Å². The van der Waals surface area contributed by atoms with Gasteiger partial charge in [-0.2, -0.15) is 5.10 Å². The first kappa shape index (κ1) is 19.6. The summed E-state index contributed by atoms with van der Waals surface area (Å²) in [6.45, 7) is 0. The van der Waals surface area contributed by atoms with E-state index in [2.05, 4.69) is 9.82 Å². The number of rotatable bonds is 7. The molecular weight excluding hydrogens is 386 g/mol. The first-order valence-electron chi connectivity index (χ1n) is 8.44. The SMILES string of the molecule is CS(=O)(=O)Nc1cccc(C2=NN(C(=O)CCC(=O)[O-])[C@H](c3ccco3)C2)c1. The molecule has 10 heteroatoms. The highest BCUT2D eigenvalue weighted by Gasteiger charge is 2.34. The molecule has 0 radical (unpaired) electrons. The lowest BCUT2D eigenvalue weighted by atomic mass is 10.0. The number of hydrogen-bond donors (Lipinski definition) is 1. The molecule has 0 saturated carbocycles. The maximum atomic E-state index is 12.5. The molecule has 148 valence electrons. The van der Waals surface area contributed by atoms with Crippen molar-refractivity contribution in [2.24, 2.45) is 5.10 Å². The van der Waals surface area contributed by atoms with Crippen LogP contribution < -0.4 is 9.83 Å². The Labute approximate surface area is 161 Å². The lowest BCUT2D eigenvalue weighted by molar-refractivity contribution is -0.305. The number of nitrogens with one attached hydrogen (secondary N) is 1. The van der Waals surface area contributed by atoms with Gasteiger partial charge in [-0.3, -0.25) is 9.52 Å². The van der Waals surface area contributed by atoms with Crippen LogP contribution in [0.1, 0.15) is 36.6 Å². The summed E-state index contributed by atoms with van der Waals surface area (Å²) in [6, 6.07) is 9.54. The number of hydrazone groups is 1. The number of furan rings is 1. The predicted octanol–water partition coefficient (Wildman–Crippen LogP) is 0.859. The van der Waals surface area contributed by atoms with Gasteiger partial charge in [-0.1, -0.05) is 12.1 Å². The highest BCUT2D eigenvalue weighted by atomic mass is 32.2. The van der Waals surface area contributed by atoms with E-state index < -0.39 is 34.4 Å². The predicted molar refractivity (Wildman–Crippen MR) is 98.6 cm³/mol. The van der Waals surface area contributed by atoms with Crippen molar-refractivity contribution in [3.63, 3.8) is 0 Å². The highest BCUT2D eigenvalue weighted by Crippen LogP contribution is 2.34. The van der Waals surface area contributed by atoms with Crippen LogP contribution in [0.3, 0.4) is 0 Å². The molecule has 28 heavy (non-hydrogen) atoms. The smallest absolute Gasteiger partial charge is 0.243 e. The topological polar surface area (TPSA) is 132 Å². The summed E-state index contributed by atoms with van der Waals surface area (Å²) >= 11 is 0. The van der Waals surface area contributed by atoms with Crippen molar-refractivity contribution in [1.29, 1.82) is 0 Å². The van der Waals surface area contributed by atoms with E-state index >= 15 is 0 Å². The van der Waals surface area contributed by atoms with Crippen LogP contribution in [-0.2, 0) is 19.6 Å². The molecule has 1 aromatic carbocycles. The Morgan fingerprint density at radius 3 is 2.71 bits per heavy atom. The third-order valence-corrected chi connectivity index (χ3v) is 4.69. The van der Waals surface area contributed by atoms with Crippen LogP contribution in [0.2, 0.25) is 0 Å². The lowest BCUT2D eigenvalue weighted by Crippen LogP contribution is -2.29. The zero-order valence-electron chi connectivity index (χ0n) is 15.0. The number of hydrogen-bond acceptors (Lipinski definition) is 7. The molecule has 1 aliphatic heterocycles. The number of benzene rings is 1. The first-order valence-corrected chi connectivity index (χ1v) is 10.3. The number of carboxylic acids is 1. The second kappa shape index (κ2) is 7.85. The lowest BCUT2D eigenvalue weighted by Gasteiger charge is -2.19. The fraction of sp³-hybridized carbons (Fsp3) is 0.278. The van der Waals surface area contributed by atoms with E-state index in [4.69, 9.17) is 4.42 Å². The van der Waals surface area contributed by atoms with Crippen LogP contribution in [0.5, 0.6) is 0 Å². The van der Waals surface area contributed by atoms with Crippen molar-refractivity contribution in [1.82, 2.24) is 5.01 Å². The van der Waals surface area contributed by atoms with Crippen LogP contribution in [-0.4, -0.2) is 37.3 Å². The van der Waals surface area contributed by atoms with Crippen LogP contribution in [0.4, 0.5) is 5.69 Å². The van der Waals surface area contributed by atoms with Crippen LogP contribution in [0, 0.1) is 0 Å². The number of carboxylic acid groups (broad SMARTS) is 1. The molecule has 1 aliphatic rings. The molecule has 2 heterocycles. The van der Waals surface area contributed by atoms with Crippen molar-refractivity contribution < 1.29 is 27.5 Å². The molecule has 1 atom stereocenters. The summed E-state index contributed by atoms with van der Waals surface area (Å²) < 4.78 is 30.7. The third kappa shape index (κ3) is 4.77. The average molecular weight is 404 g/mol. The second-order valence-electron chi connectivity index (χ2n) is 6.35. The zero-order chi connectivity index (χ0) is 20.3. The molecule has 1 N–H and O–H groups in total. The van der Waals surface area contributed by atoms with Crippen LogP contribution in [0.15, 0.2) is 52.2 Å². The van der Waals surface area contributed by atoms with Crippen molar-refractivity contribution in [3.05, 3.63) is 54.0 Å². The van der Waals surface area contributed by atoms with E-state index in [0.717, 1.165) is 6.26 Å². The standard InChI is InChI=1S/C18H19N3O6S/c1-28(25,26)20-13-5-2-4-12(10-13)14-11-15(16-6-3-9-27-16)21(19-14)17(22)7-8-18(23)24/h2-6,9-10,15,20H,7-8,11H2,1H3,(H,23,24)/p-1/t15-/m0/s1. The monoisotopic (exact) mass is 404 g/mol. The number of carbonyl (C=O) groups excluding carboxylic acids is 2. The molecular formula is C18H18N3O6S-. The van der Waals surface area contributed by atoms with E-state index in [1.165, 1.54) is 11.3 Å². The largest absolute Gasteiger partial charge is 0.550 e. The number of nitrogens with zero attached hydrogens (tertiary/aromatic N) is 2. The summed E-state index contributed by atoms with van der Waals surface area (Å²) in [5, 5.41) is 16.3. The van der Waals surface area contributed by atoms with Gasteiger partial charge in [0.15, 0.2) is 0 Å². The fourth-order valence-corrected chi connectivity index (χ4v) is 3.47. The van der Waals surface area contributed by atoms with Crippen LogP contribution >= 0.6 is 0 Å². The van der Waals surface area contributed by atoms with E-state index in [-0.39, 0.29) is 6.42 Å². The molecule has 1 amide bonds. The van der Waals surface area contributed by atoms with Crippen molar-refractivity contribution in [3.8, 4) is 0 Å². The van der Waals surface area contributed by atoms with Gasteiger partial charge in [0.05, 0.1) is 18.2 Å². The minimum absolute atomic E-state index is 0.244. The highest BCUT2D eigenvalue weighted by molar-refractivity contribution is 7.92. The number of anilines is 1. The number of aliphatic carboxylic acids is 1. The summed E-state index contributed by atoms with van der Waals surface area (Å²) in [6.07, 6.45) is 2.23. The Bertz CT molecular complexity index is 1010. The van der Waals surface area contributed by atoms with E-state index in [1.807, 2.05) is 0 Å². The maximum Gasteiger partial charge on any atom is 0.243 e. The molecule has 0 unspecified atom stereocenters. The molecule has 3 rings (SSSR count). The van der Waals surface area contributed by atoms with Crippen molar-refractivity contribution in [2.45, 2.75) is 25.3 Å². The van der Waals surface area contributed by atoms with Gasteiger partial charge in [0, 0.05) is 24.5 Å². The Balaban J connectivity index is 1.89. The Morgan fingerprint density at radius 1 is 1.29 bits per heavy atom. The zero-order valence-corrected chi connectivity index (χ0v) is 15.8. The summed E-state index contributed by atoms with van der Waals surface area (Å²) in [4.78, 5) is 23.2. The van der Waals surface area contributed by atoms with Gasteiger partial charge < -0.3 is 14.3 Å². The molecule has 2 aromatic rings. The first-order chi connectivity index (χ1) is 13.2. The fourth-order valence-electron chi connectivity index (χ4n) is 2.92. The van der Waals surface area contributed by atoms with Gasteiger partial charge in [0.25, 0.3) is 0 Å². The Hall–Kier alpha value is -3.14. The van der Waals surface area contributed by atoms with E-state index in [1.54, 1.807) is 36.4 Å². The third-order valence-electron chi connectivity index (χ3n) is 4.08. The van der Waals surface area contributed by atoms with Crippen molar-refractivity contribution >= 4 is 33.3 Å². The quantitative estimate of drug-likeness (QED) is 0.728. The van der Waals surface area contributed by atoms with Crippen LogP contribution in [0.25, 0.3) is 0 Å². The van der Waals surface area contributed by atoms with Gasteiger partial charge in [0.1, 0.15) is 11.8 Å². The molecule has 1 aromatic heterocycles. The summed E-state index contributed by atoms with van der Waals surface area (Å²) in [5.41, 5.74) is 1.57. The van der Waals surface area contributed by atoms with Crippen molar-refractivity contribution in [2.75, 3.05) is 11.0 Å². The van der Waals surface area contributed by atoms with E-state index in [9.17, 15) is 23.1 Å². The van der Waals surface area contributed by atoms with Gasteiger partial charge >= 0.3 is 0 Å². The normalized spacial score (nSPS) is 16.7. The number of sulfonamides is 1. The Kier molecular flexibility index (Phi) is 5.50. The second-order valence-corrected chi connectivity index (χ2v) is 8.10. The number of amides is 1. The Morgan fingerprint density at radius 2 is 2.07 bits per heavy atom. The molecule has 0 fully saturated rings. The number of carbonyl (C=O) groups is 2. The summed E-state index contributed by atoms with van der Waals surface area (Å²) in [7, 11) is -3.43.